The molecule has 4 rings (SSSR count). The molecule has 0 spiro atoms. The van der Waals surface area contributed by atoms with Crippen molar-refractivity contribution >= 4 is 42.4 Å². The average molecular weight is 553 g/mol. The predicted octanol–water partition coefficient (Wildman–Crippen LogP) is 5.72. The molecule has 0 aliphatic heterocycles. The molecule has 4 aromatic rings. The summed E-state index contributed by atoms with van der Waals surface area (Å²) < 4.78 is 5.80. The number of benzene rings is 4. The third-order valence-corrected chi connectivity index (χ3v) is 24.0. The number of hydrogen-bond donors (Lipinski definition) is 0. The normalized spacial score (nSPS) is 12.2. The van der Waals surface area contributed by atoms with E-state index in [9.17, 15) is 0 Å². The van der Waals surface area contributed by atoms with Crippen LogP contribution in [0.15, 0.2) is 133 Å². The minimum absolute atomic E-state index is 1.15. The van der Waals surface area contributed by atoms with Crippen molar-refractivity contribution in [2.75, 3.05) is 0 Å². The van der Waals surface area contributed by atoms with Gasteiger partial charge in [0.2, 0.25) is 0 Å². The van der Waals surface area contributed by atoms with E-state index in [1.165, 1.54) is 6.04 Å². The summed E-state index contributed by atoms with van der Waals surface area (Å²) in [6.07, 6.45) is 6.14. The van der Waals surface area contributed by atoms with Gasteiger partial charge in [-0.05, 0) is 0 Å². The Morgan fingerprint density at radius 3 is 1.36 bits per heavy atom. The van der Waals surface area contributed by atoms with Crippen LogP contribution in [0.5, 0.6) is 0 Å². The predicted molar refractivity (Wildman–Crippen MR) is 151 cm³/mol. The zero-order chi connectivity index (χ0) is 23.0. The van der Waals surface area contributed by atoms with Crippen LogP contribution in [0, 0.1) is 0 Å². The van der Waals surface area contributed by atoms with E-state index in [2.05, 4.69) is 147 Å². The van der Waals surface area contributed by atoms with E-state index < -0.39 is 26.5 Å². The molecule has 0 saturated heterocycles. The molecule has 0 bridgehead atoms. The summed E-state index contributed by atoms with van der Waals surface area (Å²) in [6.45, 7) is 5.00. The molecule has 33 heavy (non-hydrogen) atoms. The Hall–Kier alpha value is -2.36. The van der Waals surface area contributed by atoms with Gasteiger partial charge in [0.15, 0.2) is 0 Å². The third kappa shape index (κ3) is 5.59. The molecule has 0 saturated carbocycles. The van der Waals surface area contributed by atoms with E-state index in [0.29, 0.717) is 0 Å². The van der Waals surface area contributed by atoms with E-state index in [1.54, 1.807) is 15.9 Å². The van der Waals surface area contributed by atoms with Gasteiger partial charge in [0, 0.05) is 0 Å². The molecule has 2 heteroatoms. The maximum absolute atomic E-state index is 3.16. The Morgan fingerprint density at radius 2 is 0.939 bits per heavy atom. The Balaban J connectivity index is 1.63. The Labute approximate surface area is 204 Å². The van der Waals surface area contributed by atoms with Crippen molar-refractivity contribution in [1.82, 2.24) is 0 Å². The van der Waals surface area contributed by atoms with Gasteiger partial charge < -0.3 is 0 Å². The average Bonchev–Trinajstić information content (AvgIpc) is 2.88. The molecule has 0 aliphatic rings. The molecule has 0 aliphatic carbocycles. The van der Waals surface area contributed by atoms with E-state index in [0.717, 1.165) is 10.9 Å². The van der Waals surface area contributed by atoms with Gasteiger partial charge >= 0.3 is 206 Å². The van der Waals surface area contributed by atoms with Crippen molar-refractivity contribution in [3.05, 3.63) is 133 Å². The van der Waals surface area contributed by atoms with Gasteiger partial charge in [-0.1, -0.05) is 0 Å². The van der Waals surface area contributed by atoms with Crippen LogP contribution in [0.3, 0.4) is 0 Å². The third-order valence-electron chi connectivity index (χ3n) is 6.88. The van der Waals surface area contributed by atoms with Crippen LogP contribution in [0.25, 0.3) is 0 Å². The van der Waals surface area contributed by atoms with E-state index >= 15 is 0 Å². The molecule has 4 aromatic carbocycles. The van der Waals surface area contributed by atoms with Gasteiger partial charge in [0.25, 0.3) is 0 Å². The molecule has 0 nitrogen and oxygen atoms in total. The van der Waals surface area contributed by atoms with Crippen LogP contribution in [0.4, 0.5) is 0 Å². The first-order valence-electron chi connectivity index (χ1n) is 12.0. The van der Waals surface area contributed by atoms with Gasteiger partial charge in [0.05, 0.1) is 0 Å². The fourth-order valence-corrected chi connectivity index (χ4v) is 20.0. The second-order valence-electron chi connectivity index (χ2n) is 9.47. The molecule has 0 N–H and O–H groups in total. The zero-order valence-corrected chi connectivity index (χ0v) is 23.7. The monoisotopic (exact) mass is 554 g/mol. The molecule has 0 heterocycles. The topological polar surface area (TPSA) is 0 Å². The maximum atomic E-state index is 2.51. The van der Waals surface area contributed by atoms with E-state index in [4.69, 9.17) is 0 Å². The van der Waals surface area contributed by atoms with Crippen molar-refractivity contribution in [2.45, 2.75) is 30.0 Å². The standard InChI is InChI=1S/C13H19Si.3C6H5.Sn/c1-4-5-9-12-14(2,3)13-10-7-6-8-11-13;3*1-2-4-6-5-3-1;/h4-8,10-11H,1,9,12H2,2-3H3;3*1-5H;/b5-4-;;;;. The van der Waals surface area contributed by atoms with Crippen molar-refractivity contribution in [1.29, 1.82) is 0 Å². The first kappa shape index (κ1) is 23.8. The molecule has 0 aromatic heterocycles. The van der Waals surface area contributed by atoms with Gasteiger partial charge in [-0.25, -0.2) is 0 Å². The molecule has 0 amide bonds. The van der Waals surface area contributed by atoms with Crippen LogP contribution >= 0.6 is 0 Å². The van der Waals surface area contributed by atoms with Crippen LogP contribution in [0.2, 0.25) is 23.6 Å². The molecular formula is C31H34SiSn. The van der Waals surface area contributed by atoms with Gasteiger partial charge in [-0.15, -0.1) is 0 Å². The molecule has 0 radical (unpaired) electrons. The summed E-state index contributed by atoms with van der Waals surface area (Å²) in [5.74, 6) is 0. The summed E-state index contributed by atoms with van der Waals surface area (Å²) in [4.78, 5) is 0. The summed E-state index contributed by atoms with van der Waals surface area (Å²) >= 11 is -3.16. The summed E-state index contributed by atoms with van der Waals surface area (Å²) in [6, 6.07) is 46.3. The van der Waals surface area contributed by atoms with Crippen molar-refractivity contribution in [2.24, 2.45) is 0 Å². The summed E-state index contributed by atoms with van der Waals surface area (Å²) in [5.41, 5.74) is 0. The van der Waals surface area contributed by atoms with Gasteiger partial charge in [0.1, 0.15) is 0 Å². The summed E-state index contributed by atoms with van der Waals surface area (Å²) in [7, 11) is -1.40. The molecule has 0 fully saturated rings. The van der Waals surface area contributed by atoms with Crippen molar-refractivity contribution in [3.63, 3.8) is 0 Å². The van der Waals surface area contributed by atoms with Crippen molar-refractivity contribution < 1.29 is 0 Å². The number of allylic oxidation sites excluding steroid dienone is 2. The zero-order valence-electron chi connectivity index (χ0n) is 19.8. The van der Waals surface area contributed by atoms with Crippen LogP contribution in [-0.4, -0.2) is 26.5 Å². The molecule has 0 atom stereocenters. The van der Waals surface area contributed by atoms with Crippen LogP contribution in [0.1, 0.15) is 6.42 Å². The van der Waals surface area contributed by atoms with Gasteiger partial charge in [-0.2, -0.15) is 0 Å². The van der Waals surface area contributed by atoms with Gasteiger partial charge in [-0.3, -0.25) is 0 Å². The minimum atomic E-state index is -3.16. The molecule has 166 valence electrons. The SMILES string of the molecule is C[Si](C)(CC/C=C\[CH2][Sn]([c]1ccccc1)([c]1ccccc1)[c]1ccccc1)c1ccccc1. The second kappa shape index (κ2) is 11.2. The summed E-state index contributed by atoms with van der Waals surface area (Å²) in [5, 5.41) is 1.56. The molecular weight excluding hydrogens is 519 g/mol. The first-order valence-corrected chi connectivity index (χ1v) is 21.5. The number of hydrogen-bond acceptors (Lipinski definition) is 0. The molecule has 0 unspecified atom stereocenters. The van der Waals surface area contributed by atoms with E-state index in [1.807, 2.05) is 0 Å². The quantitative estimate of drug-likeness (QED) is 0.184. The van der Waals surface area contributed by atoms with Crippen LogP contribution < -0.4 is 15.9 Å². The Bertz CT molecular complexity index is 1040. The fourth-order valence-electron chi connectivity index (χ4n) is 4.88. The second-order valence-corrected chi connectivity index (χ2v) is 25.6. The number of rotatable bonds is 9. The Morgan fingerprint density at radius 1 is 0.545 bits per heavy atom. The first-order chi connectivity index (χ1) is 16.1. The van der Waals surface area contributed by atoms with E-state index in [-0.39, 0.29) is 0 Å². The Kier molecular flexibility index (Phi) is 8.05. The fraction of sp³-hybridized carbons (Fsp3) is 0.161. The van der Waals surface area contributed by atoms with Crippen LogP contribution in [-0.2, 0) is 0 Å². The van der Waals surface area contributed by atoms with Crippen molar-refractivity contribution in [3.8, 4) is 0 Å².